The van der Waals surface area contributed by atoms with Gasteiger partial charge in [-0.3, -0.25) is 4.79 Å². The highest BCUT2D eigenvalue weighted by atomic mass is 16.5. The highest BCUT2D eigenvalue weighted by Crippen LogP contribution is 2.20. The number of nitrogens with one attached hydrogen (secondary N) is 1. The van der Waals surface area contributed by atoms with Gasteiger partial charge < -0.3 is 14.8 Å². The Kier molecular flexibility index (Phi) is 6.68. The van der Waals surface area contributed by atoms with E-state index in [4.69, 9.17) is 9.47 Å². The summed E-state index contributed by atoms with van der Waals surface area (Å²) in [6.07, 6.45) is 2.69. The fourth-order valence-electron chi connectivity index (χ4n) is 1.71. The number of carbonyl (C=O) groups is 1. The summed E-state index contributed by atoms with van der Waals surface area (Å²) in [5.74, 6) is 0.780. The molecule has 19 heavy (non-hydrogen) atoms. The van der Waals surface area contributed by atoms with E-state index in [0.717, 1.165) is 11.3 Å². The molecule has 4 nitrogen and oxygen atoms in total. The first-order valence-electron chi connectivity index (χ1n) is 6.25. The minimum absolute atomic E-state index is 0.00449. The molecule has 0 heterocycles. The Morgan fingerprint density at radius 3 is 2.89 bits per heavy atom. The van der Waals surface area contributed by atoms with Crippen LogP contribution in [0.15, 0.2) is 36.9 Å². The minimum atomic E-state index is -0.178. The van der Waals surface area contributed by atoms with Gasteiger partial charge in [-0.1, -0.05) is 18.2 Å². The first-order chi connectivity index (χ1) is 9.21. The Labute approximate surface area is 114 Å². The van der Waals surface area contributed by atoms with Gasteiger partial charge in [-0.15, -0.1) is 6.58 Å². The van der Waals surface area contributed by atoms with Crippen molar-refractivity contribution in [3.63, 3.8) is 0 Å². The standard InChI is InChI=1S/C15H21NO3/c1-4-5-9-15(17)16-11-14(19-3)12-7-6-8-13(10-12)18-2/h4,6-8,10,14H,1,5,9,11H2,2-3H3,(H,16,17)/t14-/m0/s1. The molecule has 0 aliphatic heterocycles. The smallest absolute Gasteiger partial charge is 0.220 e. The lowest BCUT2D eigenvalue weighted by Gasteiger charge is -2.17. The fraction of sp³-hybridized carbons (Fsp3) is 0.400. The lowest BCUT2D eigenvalue weighted by molar-refractivity contribution is -0.121. The zero-order valence-electron chi connectivity index (χ0n) is 11.5. The average Bonchev–Trinajstić information content (AvgIpc) is 2.46. The summed E-state index contributed by atoms with van der Waals surface area (Å²) in [4.78, 5) is 11.5. The van der Waals surface area contributed by atoms with Gasteiger partial charge in [0.1, 0.15) is 5.75 Å². The third-order valence-electron chi connectivity index (χ3n) is 2.81. The second kappa shape index (κ2) is 8.32. The van der Waals surface area contributed by atoms with Crippen molar-refractivity contribution in [2.45, 2.75) is 18.9 Å². The van der Waals surface area contributed by atoms with Gasteiger partial charge in [-0.25, -0.2) is 0 Å². The van der Waals surface area contributed by atoms with E-state index < -0.39 is 0 Å². The van der Waals surface area contributed by atoms with Crippen molar-refractivity contribution >= 4 is 5.91 Å². The van der Waals surface area contributed by atoms with Gasteiger partial charge in [0.25, 0.3) is 0 Å². The topological polar surface area (TPSA) is 47.6 Å². The summed E-state index contributed by atoms with van der Waals surface area (Å²) in [6.45, 7) is 4.04. The van der Waals surface area contributed by atoms with Crippen molar-refractivity contribution in [2.75, 3.05) is 20.8 Å². The maximum absolute atomic E-state index is 11.5. The third-order valence-corrected chi connectivity index (χ3v) is 2.81. The minimum Gasteiger partial charge on any atom is -0.497 e. The van der Waals surface area contributed by atoms with E-state index in [1.807, 2.05) is 24.3 Å². The average molecular weight is 263 g/mol. The van der Waals surface area contributed by atoms with Gasteiger partial charge in [-0.2, -0.15) is 0 Å². The largest absolute Gasteiger partial charge is 0.497 e. The zero-order valence-corrected chi connectivity index (χ0v) is 11.5. The summed E-state index contributed by atoms with van der Waals surface area (Å²) < 4.78 is 10.6. The van der Waals surface area contributed by atoms with E-state index in [9.17, 15) is 4.79 Å². The molecular weight excluding hydrogens is 242 g/mol. The van der Waals surface area contributed by atoms with E-state index in [1.165, 1.54) is 0 Å². The van der Waals surface area contributed by atoms with Crippen molar-refractivity contribution in [2.24, 2.45) is 0 Å². The molecular formula is C15H21NO3. The molecule has 0 spiro atoms. The molecule has 0 fully saturated rings. The monoisotopic (exact) mass is 263 g/mol. The molecule has 0 bridgehead atoms. The van der Waals surface area contributed by atoms with Crippen LogP contribution in [0.1, 0.15) is 24.5 Å². The molecule has 0 aliphatic rings. The zero-order chi connectivity index (χ0) is 14.1. The van der Waals surface area contributed by atoms with Crippen LogP contribution in [0.4, 0.5) is 0 Å². The third kappa shape index (κ3) is 5.14. The maximum atomic E-state index is 11.5. The van der Waals surface area contributed by atoms with Gasteiger partial charge in [0, 0.05) is 20.1 Å². The normalized spacial score (nSPS) is 11.7. The second-order valence-electron chi connectivity index (χ2n) is 4.13. The maximum Gasteiger partial charge on any atom is 0.220 e. The Morgan fingerprint density at radius 1 is 1.47 bits per heavy atom. The fourth-order valence-corrected chi connectivity index (χ4v) is 1.71. The van der Waals surface area contributed by atoms with Gasteiger partial charge in [0.2, 0.25) is 5.91 Å². The summed E-state index contributed by atoms with van der Waals surface area (Å²) in [7, 11) is 3.25. The van der Waals surface area contributed by atoms with Crippen LogP contribution >= 0.6 is 0 Å². The SMILES string of the molecule is C=CCCC(=O)NC[C@H](OC)c1cccc(OC)c1. The first kappa shape index (κ1) is 15.2. The van der Waals surface area contributed by atoms with Crippen LogP contribution in [0.25, 0.3) is 0 Å². The molecule has 0 unspecified atom stereocenters. The summed E-state index contributed by atoms with van der Waals surface area (Å²) in [5.41, 5.74) is 0.978. The first-order valence-corrected chi connectivity index (χ1v) is 6.25. The Balaban J connectivity index is 2.57. The lowest BCUT2D eigenvalue weighted by atomic mass is 10.1. The molecule has 1 amide bonds. The predicted octanol–water partition coefficient (Wildman–Crippen LogP) is 2.47. The summed E-state index contributed by atoms with van der Waals surface area (Å²) >= 11 is 0. The number of hydrogen-bond donors (Lipinski definition) is 1. The predicted molar refractivity (Wildman–Crippen MR) is 75.2 cm³/mol. The van der Waals surface area contributed by atoms with Gasteiger partial charge in [-0.05, 0) is 24.1 Å². The van der Waals surface area contributed by atoms with Crippen molar-refractivity contribution in [1.82, 2.24) is 5.32 Å². The molecule has 0 aliphatic carbocycles. The number of allylic oxidation sites excluding steroid dienone is 1. The van der Waals surface area contributed by atoms with Crippen molar-refractivity contribution in [3.05, 3.63) is 42.5 Å². The second-order valence-corrected chi connectivity index (χ2v) is 4.13. The van der Waals surface area contributed by atoms with E-state index in [1.54, 1.807) is 20.3 Å². The van der Waals surface area contributed by atoms with Crippen molar-refractivity contribution in [1.29, 1.82) is 0 Å². The van der Waals surface area contributed by atoms with Gasteiger partial charge in [0.05, 0.1) is 13.2 Å². The Morgan fingerprint density at radius 2 is 2.26 bits per heavy atom. The van der Waals surface area contributed by atoms with Crippen LogP contribution in [0.3, 0.4) is 0 Å². The number of hydrogen-bond acceptors (Lipinski definition) is 3. The number of carbonyl (C=O) groups excluding carboxylic acids is 1. The highest BCUT2D eigenvalue weighted by Gasteiger charge is 2.12. The van der Waals surface area contributed by atoms with Crippen LogP contribution in [0.2, 0.25) is 0 Å². The van der Waals surface area contributed by atoms with Crippen LogP contribution in [-0.2, 0) is 9.53 Å². The van der Waals surface area contributed by atoms with Gasteiger partial charge in [0.15, 0.2) is 0 Å². The van der Waals surface area contributed by atoms with Gasteiger partial charge >= 0.3 is 0 Å². The van der Waals surface area contributed by atoms with Crippen LogP contribution < -0.4 is 10.1 Å². The highest BCUT2D eigenvalue weighted by molar-refractivity contribution is 5.76. The number of amides is 1. The van der Waals surface area contributed by atoms with E-state index >= 15 is 0 Å². The molecule has 0 saturated carbocycles. The van der Waals surface area contributed by atoms with Crippen LogP contribution in [-0.4, -0.2) is 26.7 Å². The van der Waals surface area contributed by atoms with E-state index in [2.05, 4.69) is 11.9 Å². The molecule has 0 radical (unpaired) electrons. The lowest BCUT2D eigenvalue weighted by Crippen LogP contribution is -2.28. The van der Waals surface area contributed by atoms with Crippen LogP contribution in [0, 0.1) is 0 Å². The number of methoxy groups -OCH3 is 2. The molecule has 1 aromatic carbocycles. The molecule has 0 aromatic heterocycles. The summed E-state index contributed by atoms with van der Waals surface area (Å²) in [5, 5.41) is 2.85. The van der Waals surface area contributed by atoms with Crippen molar-refractivity contribution in [3.8, 4) is 5.75 Å². The molecule has 4 heteroatoms. The molecule has 1 N–H and O–H groups in total. The van der Waals surface area contributed by atoms with E-state index in [-0.39, 0.29) is 12.0 Å². The number of ether oxygens (including phenoxy) is 2. The molecule has 0 saturated heterocycles. The Bertz CT molecular complexity index is 418. The molecule has 1 aromatic rings. The molecule has 1 rings (SSSR count). The van der Waals surface area contributed by atoms with Crippen molar-refractivity contribution < 1.29 is 14.3 Å². The summed E-state index contributed by atoms with van der Waals surface area (Å²) in [6, 6.07) is 7.63. The quantitative estimate of drug-likeness (QED) is 0.733. The van der Waals surface area contributed by atoms with E-state index in [0.29, 0.717) is 19.4 Å². The Hall–Kier alpha value is -1.81. The van der Waals surface area contributed by atoms with Crippen LogP contribution in [0.5, 0.6) is 5.75 Å². The molecule has 104 valence electrons. The molecule has 1 atom stereocenters. The number of benzene rings is 1. The number of rotatable bonds is 8.